The topological polar surface area (TPSA) is 62.4 Å². The van der Waals surface area contributed by atoms with Gasteiger partial charge >= 0.3 is 0 Å². The van der Waals surface area contributed by atoms with Crippen LogP contribution in [-0.4, -0.2) is 9.13 Å². The van der Waals surface area contributed by atoms with E-state index in [1.807, 2.05) is 12.1 Å². The van der Waals surface area contributed by atoms with Gasteiger partial charge in [-0.1, -0.05) is 84.6 Å². The summed E-state index contributed by atoms with van der Waals surface area (Å²) in [7, 11) is 0. The van der Waals surface area contributed by atoms with Crippen molar-refractivity contribution >= 4 is 143 Å². The summed E-state index contributed by atoms with van der Waals surface area (Å²) in [5, 5.41) is 13.5. The molecule has 0 aliphatic rings. The van der Waals surface area contributed by atoms with E-state index in [9.17, 15) is 0 Å². The van der Waals surface area contributed by atoms with Crippen molar-refractivity contribution in [3.8, 4) is 11.4 Å². The van der Waals surface area contributed by atoms with Gasteiger partial charge in [-0.2, -0.15) is 0 Å². The third-order valence-electron chi connectivity index (χ3n) is 13.9. The molecule has 6 nitrogen and oxygen atoms in total. The Kier molecular flexibility index (Phi) is 6.92. The first-order chi connectivity index (χ1) is 33.1. The average molecular weight is 877 g/mol. The minimum absolute atomic E-state index is 0.804. The average Bonchev–Trinajstić information content (AvgIpc) is 4.22. The SMILES string of the molecule is c1ccc2c(c1)c1ccccc1n2-c1ccc2oc3cc4oc5ccc(Sc6ccc7oc8cc9oc%10ccc(-n%11c%12ccccc%12c%12ccccc%12%11)cc%10c9cc8c7c6)cc5c4cc3c2c1. The maximum atomic E-state index is 6.47. The molecule has 0 fully saturated rings. The molecule has 0 aliphatic heterocycles. The molecule has 6 heterocycles. The number of rotatable bonds is 4. The molecule has 16 rings (SSSR count). The van der Waals surface area contributed by atoms with Crippen LogP contribution in [0.25, 0.3) is 143 Å². The molecule has 7 heteroatoms. The van der Waals surface area contributed by atoms with E-state index in [2.05, 4.69) is 191 Å². The molecular weight excluding hydrogens is 845 g/mol. The Labute approximate surface area is 383 Å². The zero-order valence-electron chi connectivity index (χ0n) is 35.4. The molecular formula is C60H32N2O4S. The van der Waals surface area contributed by atoms with E-state index in [1.165, 1.54) is 43.6 Å². The molecule has 312 valence electrons. The summed E-state index contributed by atoms with van der Waals surface area (Å²) in [5.41, 5.74) is 13.5. The van der Waals surface area contributed by atoms with Crippen LogP contribution in [0, 0.1) is 0 Å². The van der Waals surface area contributed by atoms with Gasteiger partial charge < -0.3 is 26.8 Å². The first kappa shape index (κ1) is 35.7. The number of benzene rings is 10. The van der Waals surface area contributed by atoms with Crippen LogP contribution in [0.1, 0.15) is 0 Å². The minimum atomic E-state index is 0.804. The molecule has 0 bridgehead atoms. The third-order valence-corrected chi connectivity index (χ3v) is 14.9. The number of furan rings is 4. The van der Waals surface area contributed by atoms with E-state index < -0.39 is 0 Å². The largest absolute Gasteiger partial charge is 0.456 e. The van der Waals surface area contributed by atoms with Gasteiger partial charge in [-0.25, -0.2) is 0 Å². The smallest absolute Gasteiger partial charge is 0.139 e. The number of para-hydroxylation sites is 4. The van der Waals surface area contributed by atoms with E-state index in [-0.39, 0.29) is 0 Å². The number of hydrogen-bond acceptors (Lipinski definition) is 5. The standard InChI is InChI=1S/C60H32N2O4S/c1-5-13-49-37(9-1)38-10-2-6-14-50(38)61(49)33-17-21-53-41(25-33)45-29-47-43-27-35(19-23-55(43)65-59(47)31-57(45)63-53)67-36-20-24-56-44(28-36)48-30-46-42-26-34(18-22-54(42)64-58(46)32-60(48)66-56)62-51-15-7-3-11-39(51)40-12-4-8-16-52(40)62/h1-32H. The van der Waals surface area contributed by atoms with Crippen LogP contribution >= 0.6 is 11.8 Å². The Hall–Kier alpha value is -8.65. The highest BCUT2D eigenvalue weighted by Crippen LogP contribution is 2.43. The van der Waals surface area contributed by atoms with Gasteiger partial charge in [0, 0.05) is 97.9 Å². The summed E-state index contributed by atoms with van der Waals surface area (Å²) in [6.07, 6.45) is 0. The van der Waals surface area contributed by atoms with Crippen molar-refractivity contribution in [1.29, 1.82) is 0 Å². The molecule has 0 aliphatic carbocycles. The summed E-state index contributed by atoms with van der Waals surface area (Å²) in [4.78, 5) is 2.24. The Morgan fingerprint density at radius 2 is 0.537 bits per heavy atom. The van der Waals surface area contributed by atoms with Gasteiger partial charge in [0.15, 0.2) is 0 Å². The fourth-order valence-corrected chi connectivity index (χ4v) is 11.9. The quantitative estimate of drug-likeness (QED) is 0.176. The number of nitrogens with zero attached hydrogens (tertiary/aromatic N) is 2. The zero-order chi connectivity index (χ0) is 43.5. The van der Waals surface area contributed by atoms with E-state index in [0.717, 1.165) is 109 Å². The molecule has 0 radical (unpaired) electrons. The summed E-state index contributed by atoms with van der Waals surface area (Å²) in [6, 6.07) is 69.0. The molecule has 6 aromatic heterocycles. The van der Waals surface area contributed by atoms with Crippen LogP contribution in [-0.2, 0) is 0 Å². The van der Waals surface area contributed by atoms with Gasteiger partial charge in [0.05, 0.1) is 22.1 Å². The molecule has 16 aromatic rings. The number of fused-ring (bicyclic) bond motifs is 18. The highest BCUT2D eigenvalue weighted by atomic mass is 32.2. The first-order valence-corrected chi connectivity index (χ1v) is 23.3. The molecule has 10 aromatic carbocycles. The molecule has 0 atom stereocenters. The van der Waals surface area contributed by atoms with E-state index in [4.69, 9.17) is 17.7 Å². The molecule has 0 N–H and O–H groups in total. The molecule has 0 unspecified atom stereocenters. The van der Waals surface area contributed by atoms with Crippen molar-refractivity contribution in [3.05, 3.63) is 194 Å². The van der Waals surface area contributed by atoms with Crippen LogP contribution < -0.4 is 0 Å². The van der Waals surface area contributed by atoms with Crippen LogP contribution in [0.2, 0.25) is 0 Å². The minimum Gasteiger partial charge on any atom is -0.456 e. The van der Waals surface area contributed by atoms with E-state index in [1.54, 1.807) is 11.8 Å². The summed E-state index contributed by atoms with van der Waals surface area (Å²) in [5.74, 6) is 0. The lowest BCUT2D eigenvalue weighted by Crippen LogP contribution is -1.93. The highest BCUT2D eigenvalue weighted by molar-refractivity contribution is 7.99. The Morgan fingerprint density at radius 1 is 0.239 bits per heavy atom. The highest BCUT2D eigenvalue weighted by Gasteiger charge is 2.20. The van der Waals surface area contributed by atoms with E-state index in [0.29, 0.717) is 0 Å². The second-order valence-corrected chi connectivity index (χ2v) is 18.8. The summed E-state index contributed by atoms with van der Waals surface area (Å²) >= 11 is 1.74. The van der Waals surface area contributed by atoms with Crippen molar-refractivity contribution in [2.75, 3.05) is 0 Å². The maximum Gasteiger partial charge on any atom is 0.139 e. The zero-order valence-corrected chi connectivity index (χ0v) is 36.2. The Balaban J connectivity index is 0.786. The van der Waals surface area contributed by atoms with Crippen molar-refractivity contribution in [2.45, 2.75) is 9.79 Å². The van der Waals surface area contributed by atoms with Gasteiger partial charge in [0.25, 0.3) is 0 Å². The lowest BCUT2D eigenvalue weighted by atomic mass is 10.1. The second-order valence-electron chi connectivity index (χ2n) is 17.6. The summed E-state index contributed by atoms with van der Waals surface area (Å²) in [6.45, 7) is 0. The van der Waals surface area contributed by atoms with Crippen molar-refractivity contribution in [3.63, 3.8) is 0 Å². The molecule has 0 amide bonds. The summed E-state index contributed by atoms with van der Waals surface area (Å²) < 4.78 is 30.6. The predicted octanol–water partition coefficient (Wildman–Crippen LogP) is 17.6. The Bertz CT molecular complexity index is 4390. The van der Waals surface area contributed by atoms with Gasteiger partial charge in [-0.05, 0) is 109 Å². The monoisotopic (exact) mass is 876 g/mol. The fraction of sp³-hybridized carbons (Fsp3) is 0. The fourth-order valence-electron chi connectivity index (χ4n) is 11.0. The van der Waals surface area contributed by atoms with E-state index >= 15 is 0 Å². The van der Waals surface area contributed by atoms with Crippen LogP contribution in [0.5, 0.6) is 0 Å². The van der Waals surface area contributed by atoms with Crippen LogP contribution in [0.4, 0.5) is 0 Å². The predicted molar refractivity (Wildman–Crippen MR) is 275 cm³/mol. The first-order valence-electron chi connectivity index (χ1n) is 22.5. The maximum absolute atomic E-state index is 6.47. The lowest BCUT2D eigenvalue weighted by Gasteiger charge is -2.08. The van der Waals surface area contributed by atoms with Crippen LogP contribution in [0.15, 0.2) is 222 Å². The molecule has 67 heavy (non-hydrogen) atoms. The molecule has 0 saturated carbocycles. The van der Waals surface area contributed by atoms with Crippen LogP contribution in [0.3, 0.4) is 0 Å². The van der Waals surface area contributed by atoms with Gasteiger partial charge in [-0.3, -0.25) is 0 Å². The van der Waals surface area contributed by atoms with Gasteiger partial charge in [0.2, 0.25) is 0 Å². The lowest BCUT2D eigenvalue weighted by molar-refractivity contribution is 0.655. The van der Waals surface area contributed by atoms with Crippen molar-refractivity contribution < 1.29 is 17.7 Å². The van der Waals surface area contributed by atoms with Crippen molar-refractivity contribution in [1.82, 2.24) is 9.13 Å². The number of aromatic nitrogens is 2. The van der Waals surface area contributed by atoms with Gasteiger partial charge in [0.1, 0.15) is 44.7 Å². The third kappa shape index (κ3) is 5.01. The van der Waals surface area contributed by atoms with Gasteiger partial charge in [-0.15, -0.1) is 0 Å². The normalized spacial score (nSPS) is 12.5. The molecule has 0 spiro atoms. The number of hydrogen-bond donors (Lipinski definition) is 0. The molecule has 0 saturated heterocycles. The van der Waals surface area contributed by atoms with Crippen molar-refractivity contribution in [2.24, 2.45) is 0 Å². The Morgan fingerprint density at radius 3 is 0.896 bits per heavy atom. The second kappa shape index (κ2) is 13.0.